The van der Waals surface area contributed by atoms with Gasteiger partial charge in [-0.2, -0.15) is 26.3 Å². The Kier molecular flexibility index (Phi) is 4.73. The Bertz CT molecular complexity index is 476. The monoisotopic (exact) mass is 363 g/mol. The van der Waals surface area contributed by atoms with Crippen molar-refractivity contribution in [1.29, 1.82) is 0 Å². The van der Waals surface area contributed by atoms with Gasteiger partial charge >= 0.3 is 12.4 Å². The number of benzene rings is 1. The molecule has 0 spiro atoms. The van der Waals surface area contributed by atoms with E-state index in [1.807, 2.05) is 0 Å². The zero-order valence-corrected chi connectivity index (χ0v) is 11.4. The molecule has 0 radical (unpaired) electrons. The van der Waals surface area contributed by atoms with Crippen LogP contribution in [0.1, 0.15) is 5.56 Å². The fourth-order valence-corrected chi connectivity index (χ4v) is 2.11. The van der Waals surface area contributed by atoms with Crippen molar-refractivity contribution in [3.05, 3.63) is 28.2 Å². The van der Waals surface area contributed by atoms with Crippen LogP contribution >= 0.6 is 15.9 Å². The minimum Gasteiger partial charge on any atom is -0.325 e. The van der Waals surface area contributed by atoms with Crippen molar-refractivity contribution in [3.8, 4) is 0 Å². The van der Waals surface area contributed by atoms with E-state index in [2.05, 4.69) is 15.9 Å². The van der Waals surface area contributed by atoms with E-state index in [1.54, 1.807) is 18.3 Å². The number of carbonyl (C=O) groups excluding carboxylic acids is 1. The quantitative estimate of drug-likeness (QED) is 0.773. The topological polar surface area (TPSA) is 29.1 Å². The molecule has 1 N–H and O–H groups in total. The van der Waals surface area contributed by atoms with Gasteiger partial charge in [-0.15, -0.1) is 0 Å². The predicted octanol–water partition coefficient (Wildman–Crippen LogP) is 4.44. The minimum absolute atomic E-state index is 0.152. The summed E-state index contributed by atoms with van der Waals surface area (Å²) >= 11 is 3.02. The largest absolute Gasteiger partial charge is 0.409 e. The fourth-order valence-electron chi connectivity index (χ4n) is 1.51. The molecule has 9 heteroatoms. The number of halogens is 7. The van der Waals surface area contributed by atoms with Crippen LogP contribution in [0, 0.1) is 12.8 Å². The summed E-state index contributed by atoms with van der Waals surface area (Å²) in [6, 6.07) is 4.04. The van der Waals surface area contributed by atoms with Gasteiger partial charge in [0.15, 0.2) is 0 Å². The zero-order valence-electron chi connectivity index (χ0n) is 9.86. The summed E-state index contributed by atoms with van der Waals surface area (Å²) in [5.74, 6) is -6.23. The van der Waals surface area contributed by atoms with Crippen molar-refractivity contribution in [2.75, 3.05) is 5.32 Å². The SMILES string of the molecule is Cc1cc(Br)cc(NC(=O)C(C(F)(F)F)C(F)(F)F)c1. The van der Waals surface area contributed by atoms with Crippen molar-refractivity contribution in [1.82, 2.24) is 0 Å². The zero-order chi connectivity index (χ0) is 15.7. The second-order valence-electron chi connectivity index (χ2n) is 4.02. The molecule has 1 amide bonds. The molecule has 112 valence electrons. The number of alkyl halides is 6. The molecule has 1 rings (SSSR count). The first-order chi connectivity index (χ1) is 8.91. The van der Waals surface area contributed by atoms with Gasteiger partial charge in [-0.3, -0.25) is 4.79 Å². The van der Waals surface area contributed by atoms with Crippen LogP contribution < -0.4 is 5.32 Å². The molecule has 0 bridgehead atoms. The smallest absolute Gasteiger partial charge is 0.325 e. The van der Waals surface area contributed by atoms with Crippen LogP contribution in [0.25, 0.3) is 0 Å². The number of nitrogens with one attached hydrogen (secondary N) is 1. The lowest BCUT2D eigenvalue weighted by molar-refractivity contribution is -0.272. The average Bonchev–Trinajstić information content (AvgIpc) is 2.08. The lowest BCUT2D eigenvalue weighted by Crippen LogP contribution is -2.45. The average molecular weight is 364 g/mol. The van der Waals surface area contributed by atoms with Gasteiger partial charge in [0.1, 0.15) is 0 Å². The van der Waals surface area contributed by atoms with Crippen LogP contribution in [0.3, 0.4) is 0 Å². The number of aryl methyl sites for hydroxylation is 1. The summed E-state index contributed by atoms with van der Waals surface area (Å²) in [5.41, 5.74) is 0.408. The molecule has 1 aromatic rings. The summed E-state index contributed by atoms with van der Waals surface area (Å²) < 4.78 is 74.4. The van der Waals surface area contributed by atoms with Gasteiger partial charge in [-0.1, -0.05) is 15.9 Å². The summed E-state index contributed by atoms with van der Waals surface area (Å²) in [5, 5.41) is 1.63. The van der Waals surface area contributed by atoms with Gasteiger partial charge < -0.3 is 5.32 Å². The Morgan fingerprint density at radius 2 is 1.60 bits per heavy atom. The summed E-state index contributed by atoms with van der Waals surface area (Å²) in [7, 11) is 0. The van der Waals surface area contributed by atoms with E-state index >= 15 is 0 Å². The van der Waals surface area contributed by atoms with E-state index in [1.165, 1.54) is 12.1 Å². The Hall–Kier alpha value is -1.25. The number of hydrogen-bond acceptors (Lipinski definition) is 1. The first-order valence-electron chi connectivity index (χ1n) is 5.13. The molecule has 2 nitrogen and oxygen atoms in total. The molecule has 20 heavy (non-hydrogen) atoms. The van der Waals surface area contributed by atoms with Crippen molar-refractivity contribution < 1.29 is 31.1 Å². The highest BCUT2D eigenvalue weighted by atomic mass is 79.9. The summed E-state index contributed by atoms with van der Waals surface area (Å²) in [6.45, 7) is 1.57. The van der Waals surface area contributed by atoms with Crippen molar-refractivity contribution in [2.24, 2.45) is 5.92 Å². The molecule has 0 saturated carbocycles. The Morgan fingerprint density at radius 3 is 2.00 bits per heavy atom. The molecule has 0 atom stereocenters. The highest BCUT2D eigenvalue weighted by Gasteiger charge is 2.61. The lowest BCUT2D eigenvalue weighted by atomic mass is 10.1. The molecule has 0 unspecified atom stereocenters. The molecule has 0 aliphatic heterocycles. The molecule has 0 heterocycles. The van der Waals surface area contributed by atoms with Gasteiger partial charge in [0, 0.05) is 10.2 Å². The van der Waals surface area contributed by atoms with Crippen LogP contribution in [-0.4, -0.2) is 18.3 Å². The third kappa shape index (κ3) is 4.39. The normalized spacial score (nSPS) is 12.7. The maximum Gasteiger partial charge on any atom is 0.409 e. The maximum absolute atomic E-state index is 12.3. The standard InChI is InChI=1S/C11H8BrF6NO/c1-5-2-6(12)4-7(3-5)19-9(20)8(10(13,14)15)11(16,17)18/h2-4,8H,1H3,(H,19,20). The molecular weight excluding hydrogens is 356 g/mol. The van der Waals surface area contributed by atoms with Crippen LogP contribution in [0.15, 0.2) is 22.7 Å². The molecule has 0 fully saturated rings. The van der Waals surface area contributed by atoms with Crippen molar-refractivity contribution >= 4 is 27.5 Å². The van der Waals surface area contributed by atoms with Gasteiger partial charge in [0.25, 0.3) is 0 Å². The number of hydrogen-bond donors (Lipinski definition) is 1. The molecule has 0 aromatic heterocycles. The minimum atomic E-state index is -5.70. The van der Waals surface area contributed by atoms with Gasteiger partial charge in [-0.25, -0.2) is 0 Å². The first-order valence-corrected chi connectivity index (χ1v) is 5.92. The summed E-state index contributed by atoms with van der Waals surface area (Å²) in [6.07, 6.45) is -11.4. The van der Waals surface area contributed by atoms with E-state index < -0.39 is 24.2 Å². The van der Waals surface area contributed by atoms with E-state index in [4.69, 9.17) is 0 Å². The predicted molar refractivity (Wildman–Crippen MR) is 63.1 cm³/mol. The van der Waals surface area contributed by atoms with E-state index in [-0.39, 0.29) is 5.69 Å². The van der Waals surface area contributed by atoms with Crippen molar-refractivity contribution in [2.45, 2.75) is 19.3 Å². The fraction of sp³-hybridized carbons (Fsp3) is 0.364. The second-order valence-corrected chi connectivity index (χ2v) is 4.94. The molecule has 0 aliphatic carbocycles. The van der Waals surface area contributed by atoms with Gasteiger partial charge in [-0.05, 0) is 30.7 Å². The van der Waals surface area contributed by atoms with Crippen molar-refractivity contribution in [3.63, 3.8) is 0 Å². The van der Waals surface area contributed by atoms with E-state index in [0.29, 0.717) is 10.0 Å². The summed E-state index contributed by atoms with van der Waals surface area (Å²) in [4.78, 5) is 11.3. The lowest BCUT2D eigenvalue weighted by Gasteiger charge is -2.22. The third-order valence-corrected chi connectivity index (χ3v) is 2.68. The maximum atomic E-state index is 12.3. The van der Waals surface area contributed by atoms with Gasteiger partial charge in [0.2, 0.25) is 11.8 Å². The molecule has 0 aliphatic rings. The highest BCUT2D eigenvalue weighted by Crippen LogP contribution is 2.40. The molecular formula is C11H8BrF6NO. The first kappa shape index (κ1) is 16.8. The highest BCUT2D eigenvalue weighted by molar-refractivity contribution is 9.10. The molecule has 0 saturated heterocycles. The third-order valence-electron chi connectivity index (χ3n) is 2.23. The molecule has 1 aromatic carbocycles. The van der Waals surface area contributed by atoms with Gasteiger partial charge in [0.05, 0.1) is 0 Å². The van der Waals surface area contributed by atoms with Crippen LogP contribution in [-0.2, 0) is 4.79 Å². The van der Waals surface area contributed by atoms with Crippen LogP contribution in [0.2, 0.25) is 0 Å². The second kappa shape index (κ2) is 5.63. The Morgan fingerprint density at radius 1 is 1.10 bits per heavy atom. The number of anilines is 1. The van der Waals surface area contributed by atoms with Crippen LogP contribution in [0.4, 0.5) is 32.0 Å². The number of carbonyl (C=O) groups is 1. The number of rotatable bonds is 2. The Balaban J connectivity index is 3.03. The van der Waals surface area contributed by atoms with E-state index in [0.717, 1.165) is 0 Å². The number of amides is 1. The van der Waals surface area contributed by atoms with Crippen LogP contribution in [0.5, 0.6) is 0 Å². The Labute approximate surface area is 118 Å². The van der Waals surface area contributed by atoms with E-state index in [9.17, 15) is 31.1 Å².